The van der Waals surface area contributed by atoms with Crippen molar-refractivity contribution in [1.82, 2.24) is 0 Å². The molecule has 4 aromatic rings. The number of rotatable bonds is 13. The summed E-state index contributed by atoms with van der Waals surface area (Å²) in [6.45, 7) is 5.67. The summed E-state index contributed by atoms with van der Waals surface area (Å²) in [5.41, 5.74) is -25.3. The average molecular weight is 1460 g/mol. The first-order valence-corrected chi connectivity index (χ1v) is 34.0. The van der Waals surface area contributed by atoms with Crippen LogP contribution in [0, 0.1) is 0 Å². The first-order valence-electron chi connectivity index (χ1n) is 30.2. The van der Waals surface area contributed by atoms with E-state index < -0.39 is 195 Å². The van der Waals surface area contributed by atoms with E-state index in [-0.39, 0.29) is 35.3 Å². The van der Waals surface area contributed by atoms with Crippen LogP contribution in [0.25, 0.3) is 0 Å². The van der Waals surface area contributed by atoms with Gasteiger partial charge < -0.3 is 4.74 Å². The van der Waals surface area contributed by atoms with Gasteiger partial charge in [0.1, 0.15) is 6.15 Å². The Kier molecular flexibility index (Phi) is 27.3. The molecular weight excluding hydrogens is 1390 g/mol. The van der Waals surface area contributed by atoms with Crippen molar-refractivity contribution in [3.63, 3.8) is 0 Å². The standard InChI is InChI=1S/C32H12BF24.C26H48P2.C4H10O.Rh/c34-25(35,36)13-1-14(26(37,38)39)6-21(5-13)33(22-7-15(27(40,41)42)2-16(8-22)28(43,44)45,23-9-17(29(46,47)48)3-18(10-23)30(49,50)51)24-11-19(31(52,53)54)4-20(12-24)32(55,56)57;1-5-13-23(14-6-1)27(24-15-7-2-8-16-24)21-22-28(25-17-9-3-10-18-25)26-19-11-4-12-20-26;1-3-5-4-2;/h1-12H;23-26H,1-22H2;3-4H2,1-2H3;/q-1;;;/p+2. The van der Waals surface area contributed by atoms with E-state index in [9.17, 15) is 105 Å². The van der Waals surface area contributed by atoms with Crippen molar-refractivity contribution in [2.45, 2.75) is 214 Å². The minimum absolute atomic E-state index is 0. The molecule has 1 radical (unpaired) electrons. The number of alkyl halides is 24. The van der Waals surface area contributed by atoms with Crippen LogP contribution >= 0.6 is 15.8 Å². The molecule has 4 fully saturated rings. The van der Waals surface area contributed by atoms with Gasteiger partial charge in [-0.15, -0.1) is 0 Å². The van der Waals surface area contributed by atoms with E-state index in [1.165, 1.54) is 22.6 Å². The molecule has 0 aromatic heterocycles. The zero-order valence-electron chi connectivity index (χ0n) is 49.6. The molecule has 0 unspecified atom stereocenters. The van der Waals surface area contributed by atoms with Crippen LogP contribution in [-0.4, -0.2) is 54.3 Å². The number of ether oxygens (including phenoxy) is 1. The van der Waals surface area contributed by atoms with Crippen LogP contribution in [0.1, 0.15) is 187 Å². The third-order valence-corrected chi connectivity index (χ3v) is 26.7. The largest absolute Gasteiger partial charge is 0.416 e. The summed E-state index contributed by atoms with van der Waals surface area (Å²) in [4.78, 5) is 0. The molecule has 0 atom stereocenters. The molecule has 0 aliphatic heterocycles. The van der Waals surface area contributed by atoms with Crippen LogP contribution in [0.5, 0.6) is 0 Å². The van der Waals surface area contributed by atoms with Crippen molar-refractivity contribution in [3.8, 4) is 0 Å². The Bertz CT molecular complexity index is 2410. The van der Waals surface area contributed by atoms with Crippen molar-refractivity contribution >= 4 is 43.8 Å². The SMILES string of the molecule is C1CCC([PH+](CC[PH+](C2CCCCC2)C2CCCCC2)C2CCCCC2)CC1.CCOCC.FC(F)(F)c1cc([B-](c2cc(C(F)(F)F)cc(C(F)(F)F)c2)(c2cc(C(F)(F)F)cc(C(F)(F)F)c2)c2cc(C(F)(F)F)cc(C(F)(F)F)c2)cc(C(F)(F)F)c1.[Rh]. The van der Waals surface area contributed by atoms with Crippen LogP contribution in [0.4, 0.5) is 105 Å². The van der Waals surface area contributed by atoms with Crippen molar-refractivity contribution in [1.29, 1.82) is 0 Å². The van der Waals surface area contributed by atoms with Crippen LogP contribution in [0.2, 0.25) is 0 Å². The van der Waals surface area contributed by atoms with E-state index in [2.05, 4.69) is 0 Å². The molecule has 29 heteroatoms. The summed E-state index contributed by atoms with van der Waals surface area (Å²) < 4.78 is 346. The molecule has 0 spiro atoms. The second-order valence-electron chi connectivity index (χ2n) is 24.0. The zero-order chi connectivity index (χ0) is 67.1. The Hall–Kier alpha value is -3.29. The van der Waals surface area contributed by atoms with E-state index in [1.54, 1.807) is 141 Å². The summed E-state index contributed by atoms with van der Waals surface area (Å²) in [6, 6.07) is -8.81. The van der Waals surface area contributed by atoms with Crippen LogP contribution in [-0.2, 0) is 73.6 Å². The maximum Gasteiger partial charge on any atom is 0.416 e. The quantitative estimate of drug-likeness (QED) is 0.0736. The number of halogens is 24. The van der Waals surface area contributed by atoms with Crippen molar-refractivity contribution in [2.24, 2.45) is 0 Å². The van der Waals surface area contributed by atoms with E-state index in [0.717, 1.165) is 13.2 Å². The second kappa shape index (κ2) is 31.7. The minimum atomic E-state index is -6.13. The van der Waals surface area contributed by atoms with Gasteiger partial charge in [0.25, 0.3) is 0 Å². The molecule has 0 saturated heterocycles. The molecule has 91 heavy (non-hydrogen) atoms. The summed E-state index contributed by atoms with van der Waals surface area (Å²) in [5, 5.41) is 0. The Morgan fingerprint density at radius 2 is 0.440 bits per heavy atom. The van der Waals surface area contributed by atoms with Gasteiger partial charge in [0, 0.05) is 48.5 Å². The molecule has 8 rings (SSSR count). The van der Waals surface area contributed by atoms with E-state index in [0.29, 0.717) is 0 Å². The van der Waals surface area contributed by atoms with E-state index >= 15 is 0 Å². The maximum absolute atomic E-state index is 14.2. The van der Waals surface area contributed by atoms with Gasteiger partial charge in [-0.05, 0) is 141 Å². The van der Waals surface area contributed by atoms with Gasteiger partial charge in [-0.25, -0.2) is 0 Å². The minimum Gasteiger partial charge on any atom is -0.382 e. The first-order chi connectivity index (χ1) is 41.6. The monoisotopic (exact) mass is 1460 g/mol. The Morgan fingerprint density at radius 1 is 0.286 bits per heavy atom. The predicted octanol–water partition coefficient (Wildman–Crippen LogP) is 21.0. The fourth-order valence-electron chi connectivity index (χ4n) is 13.9. The summed E-state index contributed by atoms with van der Waals surface area (Å²) in [5.74, 6) is 0. The summed E-state index contributed by atoms with van der Waals surface area (Å²) >= 11 is 0. The van der Waals surface area contributed by atoms with Crippen LogP contribution in [0.15, 0.2) is 72.8 Å². The maximum atomic E-state index is 14.2. The molecular formula is C62H72BF24OP2Rh+. The fraction of sp³-hybridized carbons (Fsp3) is 0.613. The number of hydrogen-bond acceptors (Lipinski definition) is 1. The van der Waals surface area contributed by atoms with Gasteiger partial charge in [0.15, 0.2) is 0 Å². The second-order valence-corrected chi connectivity index (χ2v) is 30.6. The third-order valence-electron chi connectivity index (χ3n) is 18.1. The van der Waals surface area contributed by atoms with Gasteiger partial charge in [-0.2, -0.15) is 127 Å². The summed E-state index contributed by atoms with van der Waals surface area (Å²) in [6.07, 6.45) is -19.3. The molecule has 4 aliphatic carbocycles. The summed E-state index contributed by atoms with van der Waals surface area (Å²) in [7, 11) is -0.182. The van der Waals surface area contributed by atoms with Crippen molar-refractivity contribution in [3.05, 3.63) is 117 Å². The molecule has 515 valence electrons. The van der Waals surface area contributed by atoms with Crippen LogP contribution in [0.3, 0.4) is 0 Å². The fourth-order valence-corrected chi connectivity index (χ4v) is 23.8. The topological polar surface area (TPSA) is 9.23 Å². The predicted molar refractivity (Wildman–Crippen MR) is 306 cm³/mol. The van der Waals surface area contributed by atoms with Gasteiger partial charge in [-0.3, -0.25) is 0 Å². The zero-order valence-corrected chi connectivity index (χ0v) is 53.2. The molecule has 0 amide bonds. The molecule has 4 saturated carbocycles. The van der Waals surface area contributed by atoms with Crippen molar-refractivity contribution in [2.75, 3.05) is 25.5 Å². The normalized spacial score (nSPS) is 17.9. The Balaban J connectivity index is 0.000000365. The molecule has 0 heterocycles. The molecule has 0 bridgehead atoms. The van der Waals surface area contributed by atoms with Crippen molar-refractivity contribution < 1.29 is 130 Å². The van der Waals surface area contributed by atoms with Gasteiger partial charge in [0.05, 0.1) is 79.5 Å². The number of hydrogen-bond donors (Lipinski definition) is 0. The molecule has 4 aromatic carbocycles. The third kappa shape index (κ3) is 21.1. The Morgan fingerprint density at radius 3 is 0.560 bits per heavy atom. The average Bonchev–Trinajstić information content (AvgIpc) is 0.710. The van der Waals surface area contributed by atoms with Gasteiger partial charge in [0.2, 0.25) is 0 Å². The molecule has 1 nitrogen and oxygen atoms in total. The Labute approximate surface area is 528 Å². The van der Waals surface area contributed by atoms with E-state index in [1.807, 2.05) is 13.8 Å². The smallest absolute Gasteiger partial charge is 0.382 e. The first kappa shape index (κ1) is 78.4. The van der Waals surface area contributed by atoms with Crippen LogP contribution < -0.4 is 21.9 Å². The van der Waals surface area contributed by atoms with Gasteiger partial charge >= 0.3 is 49.4 Å². The molecule has 4 aliphatic rings. The van der Waals surface area contributed by atoms with Gasteiger partial charge in [-0.1, -0.05) is 74.2 Å². The number of benzene rings is 4. The van der Waals surface area contributed by atoms with E-state index in [4.69, 9.17) is 4.74 Å². The molecule has 0 N–H and O–H groups in total.